The lowest BCUT2D eigenvalue weighted by atomic mass is 10.1. The van der Waals surface area contributed by atoms with Crippen molar-refractivity contribution in [3.05, 3.63) is 65.7 Å². The number of quaternary nitrogens is 1. The Kier molecular flexibility index (Phi) is 5.23. The number of nitrogens with zero attached hydrogens (tertiary/aromatic N) is 2. The molecule has 1 aromatic carbocycles. The minimum Gasteiger partial charge on any atom is -0.325 e. The van der Waals surface area contributed by atoms with Crippen molar-refractivity contribution in [1.29, 1.82) is 0 Å². The fourth-order valence-corrected chi connectivity index (χ4v) is 3.61. The van der Waals surface area contributed by atoms with Gasteiger partial charge in [0.25, 0.3) is 5.82 Å². The van der Waals surface area contributed by atoms with Crippen LogP contribution in [0.5, 0.6) is 0 Å². The highest BCUT2D eigenvalue weighted by Crippen LogP contribution is 2.28. The number of pyridine rings is 1. The zero-order valence-corrected chi connectivity index (χ0v) is 15.6. The van der Waals surface area contributed by atoms with E-state index >= 15 is 0 Å². The van der Waals surface area contributed by atoms with Crippen molar-refractivity contribution in [2.24, 2.45) is 0 Å². The van der Waals surface area contributed by atoms with Crippen molar-refractivity contribution in [3.63, 3.8) is 0 Å². The highest BCUT2D eigenvalue weighted by Gasteiger charge is 2.33. The van der Waals surface area contributed by atoms with Crippen molar-refractivity contribution < 1.29 is 27.4 Å². The zero-order chi connectivity index (χ0) is 20.4. The molecule has 1 saturated heterocycles. The number of piperazine rings is 1. The number of aromatic amines is 2. The lowest BCUT2D eigenvalue weighted by Gasteiger charge is -2.28. The summed E-state index contributed by atoms with van der Waals surface area (Å²) in [6.07, 6.45) is -1.54. The van der Waals surface area contributed by atoms with Gasteiger partial charge >= 0.3 is 6.18 Å². The number of benzene rings is 1. The van der Waals surface area contributed by atoms with Gasteiger partial charge in [-0.1, -0.05) is 0 Å². The number of nitrogens with one attached hydrogen (secondary N) is 3. The van der Waals surface area contributed by atoms with Gasteiger partial charge in [-0.2, -0.15) is 18.3 Å². The van der Waals surface area contributed by atoms with Crippen LogP contribution >= 0.6 is 0 Å². The first-order valence-electron chi connectivity index (χ1n) is 9.36. The third kappa shape index (κ3) is 4.40. The van der Waals surface area contributed by atoms with Crippen LogP contribution in [0.15, 0.2) is 48.8 Å². The Bertz CT molecular complexity index is 942. The van der Waals surface area contributed by atoms with E-state index in [-0.39, 0.29) is 5.82 Å². The van der Waals surface area contributed by atoms with E-state index in [2.05, 4.69) is 20.1 Å². The summed E-state index contributed by atoms with van der Waals surface area (Å²) < 4.78 is 51.3. The standard InChI is InChI=1S/C20H19F4N5/c21-17-4-1-14(2-5-17)19-15(11-26-27-19)13-28-7-9-29(10-8-28)18-6-3-16(12-25-18)20(22,23)24/h1-6,11-12H,7-10,13H2,(H,26,27)/p+2. The highest BCUT2D eigenvalue weighted by atomic mass is 19.4. The molecule has 0 saturated carbocycles. The largest absolute Gasteiger partial charge is 0.419 e. The molecule has 3 aromatic rings. The van der Waals surface area contributed by atoms with E-state index in [4.69, 9.17) is 0 Å². The molecule has 0 atom stereocenters. The van der Waals surface area contributed by atoms with Crippen LogP contribution in [0, 0.1) is 5.82 Å². The molecule has 0 aliphatic carbocycles. The lowest BCUT2D eigenvalue weighted by molar-refractivity contribution is -0.914. The van der Waals surface area contributed by atoms with E-state index in [1.807, 2.05) is 0 Å². The van der Waals surface area contributed by atoms with Gasteiger partial charge in [0.2, 0.25) is 0 Å². The van der Waals surface area contributed by atoms with E-state index in [0.29, 0.717) is 5.82 Å². The molecule has 1 aliphatic rings. The Morgan fingerprint density at radius 3 is 2.41 bits per heavy atom. The molecule has 1 aliphatic heterocycles. The summed E-state index contributed by atoms with van der Waals surface area (Å²) >= 11 is 0. The summed E-state index contributed by atoms with van der Waals surface area (Å²) in [4.78, 5) is 6.17. The summed E-state index contributed by atoms with van der Waals surface area (Å²) in [5.41, 5.74) is 2.15. The molecule has 3 heterocycles. The van der Waals surface area contributed by atoms with Crippen molar-refractivity contribution in [2.75, 3.05) is 31.1 Å². The summed E-state index contributed by atoms with van der Waals surface area (Å²) in [6.45, 7) is 3.95. The average Bonchev–Trinajstić information content (AvgIpc) is 3.17. The first-order valence-corrected chi connectivity index (χ1v) is 9.36. The molecule has 152 valence electrons. The Morgan fingerprint density at radius 2 is 1.79 bits per heavy atom. The normalized spacial score (nSPS) is 15.7. The molecule has 9 heteroatoms. The van der Waals surface area contributed by atoms with Crippen LogP contribution in [0.3, 0.4) is 0 Å². The van der Waals surface area contributed by atoms with Gasteiger partial charge in [0.1, 0.15) is 44.7 Å². The number of aromatic nitrogens is 3. The molecular weight excluding hydrogens is 386 g/mol. The van der Waals surface area contributed by atoms with E-state index < -0.39 is 11.7 Å². The van der Waals surface area contributed by atoms with Crippen molar-refractivity contribution in [2.45, 2.75) is 12.7 Å². The Morgan fingerprint density at radius 1 is 1.07 bits per heavy atom. The SMILES string of the molecule is Fc1ccc(-c2[nH]ncc2C[NH+]2CCN(c3ccc(C(F)(F)F)c[nH+]3)CC2)cc1. The van der Waals surface area contributed by atoms with Gasteiger partial charge in [-0.3, -0.25) is 10.00 Å². The topological polar surface area (TPSA) is 50.5 Å². The monoisotopic (exact) mass is 407 g/mol. The minimum absolute atomic E-state index is 0.281. The predicted molar refractivity (Wildman–Crippen MR) is 98.6 cm³/mol. The second-order valence-electron chi connectivity index (χ2n) is 7.15. The number of hydrogen-bond donors (Lipinski definition) is 2. The third-order valence-electron chi connectivity index (χ3n) is 5.23. The van der Waals surface area contributed by atoms with Crippen LogP contribution in [-0.2, 0) is 12.7 Å². The number of alkyl halides is 3. The molecule has 2 aromatic heterocycles. The molecule has 0 radical (unpaired) electrons. The molecule has 0 bridgehead atoms. The molecule has 5 nitrogen and oxygen atoms in total. The maximum atomic E-state index is 13.2. The molecular formula is C20H21F4N5+2. The first kappa shape index (κ1) is 19.4. The van der Waals surface area contributed by atoms with Gasteiger partial charge in [-0.25, -0.2) is 9.37 Å². The third-order valence-corrected chi connectivity index (χ3v) is 5.23. The maximum absolute atomic E-state index is 13.2. The van der Waals surface area contributed by atoms with Crippen molar-refractivity contribution >= 4 is 5.82 Å². The van der Waals surface area contributed by atoms with Gasteiger partial charge in [0.15, 0.2) is 0 Å². The Balaban J connectivity index is 1.37. The Labute approximate surface area is 165 Å². The fourth-order valence-electron chi connectivity index (χ4n) is 3.61. The minimum atomic E-state index is -4.34. The molecule has 0 spiro atoms. The molecule has 1 fully saturated rings. The second-order valence-corrected chi connectivity index (χ2v) is 7.15. The van der Waals surface area contributed by atoms with E-state index in [0.717, 1.165) is 61.8 Å². The van der Waals surface area contributed by atoms with Crippen LogP contribution in [0.1, 0.15) is 11.1 Å². The van der Waals surface area contributed by atoms with Gasteiger partial charge < -0.3 is 4.90 Å². The number of anilines is 1. The van der Waals surface area contributed by atoms with Crippen LogP contribution in [-0.4, -0.2) is 36.4 Å². The highest BCUT2D eigenvalue weighted by molar-refractivity contribution is 5.62. The second kappa shape index (κ2) is 7.82. The number of hydrogen-bond acceptors (Lipinski definition) is 2. The van der Waals surface area contributed by atoms with Crippen LogP contribution in [0.4, 0.5) is 23.4 Å². The summed E-state index contributed by atoms with van der Waals surface area (Å²) in [5.74, 6) is 0.406. The van der Waals surface area contributed by atoms with Gasteiger partial charge in [0, 0.05) is 11.6 Å². The quantitative estimate of drug-likeness (QED) is 0.650. The predicted octanol–water partition coefficient (Wildman–Crippen LogP) is 1.95. The van der Waals surface area contributed by atoms with Crippen LogP contribution in [0.2, 0.25) is 0 Å². The van der Waals surface area contributed by atoms with Gasteiger partial charge in [-0.05, 0) is 30.3 Å². The van der Waals surface area contributed by atoms with Crippen molar-refractivity contribution in [1.82, 2.24) is 10.2 Å². The average molecular weight is 407 g/mol. The van der Waals surface area contributed by atoms with Gasteiger partial charge in [-0.15, -0.1) is 0 Å². The zero-order valence-electron chi connectivity index (χ0n) is 15.6. The summed E-state index contributed by atoms with van der Waals surface area (Å²) in [7, 11) is 0. The van der Waals surface area contributed by atoms with E-state index in [1.165, 1.54) is 23.1 Å². The van der Waals surface area contributed by atoms with Crippen LogP contribution in [0.25, 0.3) is 11.3 Å². The summed E-state index contributed by atoms with van der Waals surface area (Å²) in [5, 5.41) is 7.13. The fraction of sp³-hybridized carbons (Fsp3) is 0.300. The number of halogens is 4. The summed E-state index contributed by atoms with van der Waals surface area (Å²) in [6, 6.07) is 8.88. The molecule has 0 amide bonds. The number of H-pyrrole nitrogens is 2. The molecule has 4 rings (SSSR count). The smallest absolute Gasteiger partial charge is 0.325 e. The molecule has 0 unspecified atom stereocenters. The molecule has 29 heavy (non-hydrogen) atoms. The molecule has 3 N–H and O–H groups in total. The Hall–Kier alpha value is -2.94. The van der Waals surface area contributed by atoms with Gasteiger partial charge in [0.05, 0.1) is 23.0 Å². The van der Waals surface area contributed by atoms with E-state index in [1.54, 1.807) is 18.3 Å². The van der Waals surface area contributed by atoms with Crippen LogP contribution < -0.4 is 14.8 Å². The lowest BCUT2D eigenvalue weighted by Crippen LogP contribution is -3.13. The van der Waals surface area contributed by atoms with E-state index in [9.17, 15) is 17.6 Å². The first-order chi connectivity index (χ1) is 13.9. The number of rotatable bonds is 4. The maximum Gasteiger partial charge on any atom is 0.419 e. The van der Waals surface area contributed by atoms with Crippen molar-refractivity contribution in [3.8, 4) is 11.3 Å².